The van der Waals surface area contributed by atoms with Gasteiger partial charge in [0.2, 0.25) is 5.75 Å². The van der Waals surface area contributed by atoms with E-state index in [1.165, 1.54) is 4.90 Å². The Bertz CT molecular complexity index is 523. The van der Waals surface area contributed by atoms with Crippen LogP contribution in [0.3, 0.4) is 0 Å². The minimum absolute atomic E-state index is 0. The first kappa shape index (κ1) is 13.3. The molecule has 4 nitrogen and oxygen atoms in total. The number of hydrogen-bond acceptors (Lipinski definition) is 2. The number of rotatable bonds is 1. The van der Waals surface area contributed by atoms with Crippen molar-refractivity contribution < 1.29 is 26.9 Å². The molecule has 17 heavy (non-hydrogen) atoms. The molecule has 5 heteroatoms. The molecule has 0 bridgehead atoms. The number of nitrogens with zero attached hydrogens (tertiary/aromatic N) is 1. The van der Waals surface area contributed by atoms with Crippen molar-refractivity contribution in [2.24, 2.45) is 0 Å². The predicted octanol–water partition coefficient (Wildman–Crippen LogP) is -1.28. The predicted molar refractivity (Wildman–Crippen MR) is 60.2 cm³/mol. The van der Waals surface area contributed by atoms with E-state index in [0.717, 1.165) is 10.9 Å². The van der Waals surface area contributed by atoms with E-state index in [1.807, 2.05) is 24.3 Å². The second-order valence-electron chi connectivity index (χ2n) is 3.65. The van der Waals surface area contributed by atoms with Crippen LogP contribution in [0.15, 0.2) is 36.5 Å². The van der Waals surface area contributed by atoms with Crippen LogP contribution < -0.4 is 22.1 Å². The number of H-pyrrole nitrogens is 1. The molecule has 0 spiro atoms. The minimum atomic E-state index is -0.384. The molecular weight excluding hydrogens is 240 g/mol. The van der Waals surface area contributed by atoms with Crippen molar-refractivity contribution in [1.82, 2.24) is 4.90 Å². The van der Waals surface area contributed by atoms with Gasteiger partial charge < -0.3 is 22.0 Å². The first-order valence-corrected chi connectivity index (χ1v) is 4.97. The Morgan fingerprint density at radius 2 is 1.94 bits per heavy atom. The van der Waals surface area contributed by atoms with Gasteiger partial charge in [0.15, 0.2) is 6.20 Å². The Labute approximate surface area is 106 Å². The number of hydrogen-bond donors (Lipinski definition) is 0. The van der Waals surface area contributed by atoms with Crippen LogP contribution in [0.4, 0.5) is 4.79 Å². The number of para-hydroxylation sites is 1. The van der Waals surface area contributed by atoms with E-state index in [4.69, 9.17) is 4.74 Å². The number of ether oxygens (including phenoxy) is 1. The third kappa shape index (κ3) is 2.85. The van der Waals surface area contributed by atoms with Crippen LogP contribution in [0.2, 0.25) is 0 Å². The van der Waals surface area contributed by atoms with E-state index in [9.17, 15) is 4.79 Å². The number of aromatic amines is 1. The SMILES string of the molecule is CN(C)C(=O)Oc1cccc2ccc[nH+]c12.[Cl-]. The third-order valence-electron chi connectivity index (χ3n) is 2.22. The Morgan fingerprint density at radius 1 is 1.24 bits per heavy atom. The Kier molecular flexibility index (Phi) is 4.29. The van der Waals surface area contributed by atoms with Gasteiger partial charge in [0.1, 0.15) is 0 Å². The lowest BCUT2D eigenvalue weighted by atomic mass is 10.2. The van der Waals surface area contributed by atoms with Crippen LogP contribution in [-0.2, 0) is 0 Å². The topological polar surface area (TPSA) is 43.7 Å². The average Bonchev–Trinajstić information content (AvgIpc) is 2.29. The summed E-state index contributed by atoms with van der Waals surface area (Å²) < 4.78 is 5.24. The molecule has 1 aromatic heterocycles. The molecule has 0 aliphatic rings. The van der Waals surface area contributed by atoms with Crippen molar-refractivity contribution in [1.29, 1.82) is 0 Å². The highest BCUT2D eigenvalue weighted by Gasteiger charge is 2.13. The van der Waals surface area contributed by atoms with Gasteiger partial charge in [-0.3, -0.25) is 0 Å². The van der Waals surface area contributed by atoms with E-state index in [-0.39, 0.29) is 18.5 Å². The van der Waals surface area contributed by atoms with Gasteiger partial charge in [-0.05, 0) is 18.2 Å². The van der Waals surface area contributed by atoms with E-state index in [1.54, 1.807) is 26.4 Å². The fourth-order valence-electron chi connectivity index (χ4n) is 1.40. The standard InChI is InChI=1S/C12H12N2O2.ClH/c1-14(2)12(15)16-10-7-3-5-9-6-4-8-13-11(9)10;/h3-8H,1-2H3;1H. The summed E-state index contributed by atoms with van der Waals surface area (Å²) in [5.41, 5.74) is 0.820. The molecule has 0 saturated heterocycles. The maximum absolute atomic E-state index is 11.4. The van der Waals surface area contributed by atoms with Crippen LogP contribution in [0.25, 0.3) is 10.9 Å². The van der Waals surface area contributed by atoms with Gasteiger partial charge in [0, 0.05) is 20.2 Å². The van der Waals surface area contributed by atoms with E-state index < -0.39 is 0 Å². The van der Waals surface area contributed by atoms with Gasteiger partial charge in [-0.15, -0.1) is 0 Å². The minimum Gasteiger partial charge on any atom is -1.00 e. The summed E-state index contributed by atoms with van der Waals surface area (Å²) in [4.78, 5) is 15.9. The van der Waals surface area contributed by atoms with Crippen LogP contribution in [0.5, 0.6) is 5.75 Å². The van der Waals surface area contributed by atoms with Gasteiger partial charge in [-0.1, -0.05) is 6.07 Å². The highest BCUT2D eigenvalue weighted by Crippen LogP contribution is 2.21. The van der Waals surface area contributed by atoms with Crippen molar-refractivity contribution in [3.63, 3.8) is 0 Å². The molecule has 2 rings (SSSR count). The van der Waals surface area contributed by atoms with Crippen molar-refractivity contribution in [3.05, 3.63) is 36.5 Å². The number of nitrogens with one attached hydrogen (secondary N) is 1. The van der Waals surface area contributed by atoms with Gasteiger partial charge >= 0.3 is 6.09 Å². The van der Waals surface area contributed by atoms with E-state index in [2.05, 4.69) is 4.98 Å². The lowest BCUT2D eigenvalue weighted by Gasteiger charge is -2.09. The maximum Gasteiger partial charge on any atom is 0.414 e. The molecule has 1 amide bonds. The molecule has 0 radical (unpaired) electrons. The second-order valence-corrected chi connectivity index (χ2v) is 3.65. The molecular formula is C12H13ClN2O2. The van der Waals surface area contributed by atoms with Gasteiger partial charge in [0.05, 0.1) is 5.39 Å². The number of carbonyl (C=O) groups excluding carboxylic acids is 1. The van der Waals surface area contributed by atoms with E-state index in [0.29, 0.717) is 5.75 Å². The molecule has 0 aliphatic heterocycles. The molecule has 1 aromatic carbocycles. The number of amides is 1. The Hall–Kier alpha value is -1.81. The molecule has 2 aromatic rings. The molecule has 0 aliphatic carbocycles. The highest BCUT2D eigenvalue weighted by atomic mass is 35.5. The lowest BCUT2D eigenvalue weighted by Crippen LogP contribution is -3.00. The van der Waals surface area contributed by atoms with Crippen molar-refractivity contribution in [2.75, 3.05) is 14.1 Å². The number of aromatic nitrogens is 1. The number of fused-ring (bicyclic) bond motifs is 1. The maximum atomic E-state index is 11.4. The third-order valence-corrected chi connectivity index (χ3v) is 2.22. The van der Waals surface area contributed by atoms with Gasteiger partial charge in [0.25, 0.3) is 5.52 Å². The zero-order valence-electron chi connectivity index (χ0n) is 9.61. The highest BCUT2D eigenvalue weighted by molar-refractivity contribution is 5.84. The number of pyridine rings is 1. The smallest absolute Gasteiger partial charge is 0.414 e. The van der Waals surface area contributed by atoms with E-state index >= 15 is 0 Å². The van der Waals surface area contributed by atoms with Crippen LogP contribution in [0, 0.1) is 0 Å². The molecule has 0 atom stereocenters. The molecule has 0 unspecified atom stereocenters. The van der Waals surface area contributed by atoms with Crippen LogP contribution in [0.1, 0.15) is 0 Å². The number of carbonyl (C=O) groups is 1. The quantitative estimate of drug-likeness (QED) is 0.635. The number of halogens is 1. The summed E-state index contributed by atoms with van der Waals surface area (Å²) in [6, 6.07) is 9.44. The number of benzene rings is 1. The molecule has 90 valence electrons. The fourth-order valence-corrected chi connectivity index (χ4v) is 1.40. The van der Waals surface area contributed by atoms with Crippen LogP contribution in [-0.4, -0.2) is 25.1 Å². The molecule has 0 saturated carbocycles. The van der Waals surface area contributed by atoms with Crippen molar-refractivity contribution >= 4 is 17.0 Å². The molecule has 0 fully saturated rings. The Morgan fingerprint density at radius 3 is 2.65 bits per heavy atom. The zero-order valence-corrected chi connectivity index (χ0v) is 10.4. The molecule has 1 heterocycles. The summed E-state index contributed by atoms with van der Waals surface area (Å²) in [6.45, 7) is 0. The average molecular weight is 253 g/mol. The monoisotopic (exact) mass is 252 g/mol. The van der Waals surface area contributed by atoms with Gasteiger partial charge in [-0.2, -0.15) is 0 Å². The fraction of sp³-hybridized carbons (Fsp3) is 0.167. The summed E-state index contributed by atoms with van der Waals surface area (Å²) in [7, 11) is 3.30. The lowest BCUT2D eigenvalue weighted by molar-refractivity contribution is -0.345. The first-order valence-electron chi connectivity index (χ1n) is 4.97. The van der Waals surface area contributed by atoms with Crippen molar-refractivity contribution in [2.45, 2.75) is 0 Å². The summed E-state index contributed by atoms with van der Waals surface area (Å²) in [5.74, 6) is 0.539. The summed E-state index contributed by atoms with van der Waals surface area (Å²) in [6.07, 6.45) is 1.42. The summed E-state index contributed by atoms with van der Waals surface area (Å²) >= 11 is 0. The first-order chi connectivity index (χ1) is 7.68. The largest absolute Gasteiger partial charge is 1.00 e. The zero-order chi connectivity index (χ0) is 11.5. The van der Waals surface area contributed by atoms with Gasteiger partial charge in [-0.25, -0.2) is 9.78 Å². The van der Waals surface area contributed by atoms with Crippen LogP contribution >= 0.6 is 0 Å². The Balaban J connectivity index is 0.00000144. The van der Waals surface area contributed by atoms with Crippen molar-refractivity contribution in [3.8, 4) is 5.75 Å². The second kappa shape index (κ2) is 5.50. The normalized spacial score (nSPS) is 9.53. The molecule has 1 N–H and O–H groups in total. The summed E-state index contributed by atoms with van der Waals surface area (Å²) in [5, 5.41) is 1.01.